The molecule has 0 bridgehead atoms. The molecule has 1 heterocycles. The van der Waals surface area contributed by atoms with E-state index in [1.807, 2.05) is 0 Å². The number of amides is 2. The number of ether oxygens (including phenoxy) is 1. The number of methoxy groups -OCH3 is 1. The maximum atomic E-state index is 13.0. The van der Waals surface area contributed by atoms with Gasteiger partial charge in [-0.05, 0) is 18.2 Å². The highest BCUT2D eigenvalue weighted by Crippen LogP contribution is 2.38. The number of carbonyl (C=O) groups excluding carboxylic acids is 2. The molecule has 23 heavy (non-hydrogen) atoms. The molecule has 0 atom stereocenters. The van der Waals surface area contributed by atoms with Crippen LogP contribution < -0.4 is 10.1 Å². The molecule has 0 saturated heterocycles. The first-order chi connectivity index (χ1) is 10.8. The molecule has 0 aliphatic carbocycles. The number of β-amino-alcohol motifs (C(OH)–C–C–N with tert-alkyl or cyclic N) is 1. The maximum absolute atomic E-state index is 13.0. The predicted molar refractivity (Wildman–Crippen MR) is 73.5 cm³/mol. The molecule has 1 aromatic rings. The molecular formula is C14H13F3N2O4. The molecule has 0 radical (unpaired) electrons. The highest BCUT2D eigenvalue weighted by Gasteiger charge is 2.35. The van der Waals surface area contributed by atoms with E-state index in [2.05, 4.69) is 10.1 Å². The van der Waals surface area contributed by atoms with E-state index in [1.165, 1.54) is 6.07 Å². The van der Waals surface area contributed by atoms with Crippen molar-refractivity contribution in [3.63, 3.8) is 0 Å². The van der Waals surface area contributed by atoms with Crippen LogP contribution in [0.15, 0.2) is 30.0 Å². The lowest BCUT2D eigenvalue weighted by molar-refractivity contribution is -0.139. The molecule has 1 aromatic carbocycles. The van der Waals surface area contributed by atoms with Gasteiger partial charge in [0.1, 0.15) is 11.4 Å². The summed E-state index contributed by atoms with van der Waals surface area (Å²) in [5.74, 6) is -1.71. The summed E-state index contributed by atoms with van der Waals surface area (Å²) in [6.45, 7) is -0.588. The van der Waals surface area contributed by atoms with Crippen LogP contribution in [-0.4, -0.2) is 42.1 Å². The zero-order chi connectivity index (χ0) is 17.2. The second-order valence-corrected chi connectivity index (χ2v) is 4.61. The second kappa shape index (κ2) is 6.29. The quantitative estimate of drug-likeness (QED) is 0.797. The fraction of sp³-hybridized carbons (Fsp3) is 0.286. The fourth-order valence-corrected chi connectivity index (χ4v) is 2.07. The van der Waals surface area contributed by atoms with Gasteiger partial charge in [0.25, 0.3) is 11.8 Å². The van der Waals surface area contributed by atoms with Gasteiger partial charge < -0.3 is 15.2 Å². The van der Waals surface area contributed by atoms with Crippen molar-refractivity contribution in [3.8, 4) is 5.75 Å². The number of imide groups is 1. The highest BCUT2D eigenvalue weighted by atomic mass is 19.4. The lowest BCUT2D eigenvalue weighted by Crippen LogP contribution is -2.34. The first kappa shape index (κ1) is 16.8. The van der Waals surface area contributed by atoms with Gasteiger partial charge in [-0.3, -0.25) is 14.5 Å². The summed E-state index contributed by atoms with van der Waals surface area (Å²) < 4.78 is 43.5. The van der Waals surface area contributed by atoms with E-state index in [0.29, 0.717) is 0 Å². The van der Waals surface area contributed by atoms with E-state index in [1.54, 1.807) is 0 Å². The molecule has 6 nitrogen and oxygen atoms in total. The molecule has 124 valence electrons. The zero-order valence-electron chi connectivity index (χ0n) is 12.0. The number of halogens is 3. The van der Waals surface area contributed by atoms with E-state index in [-0.39, 0.29) is 23.7 Å². The monoisotopic (exact) mass is 330 g/mol. The summed E-state index contributed by atoms with van der Waals surface area (Å²) >= 11 is 0. The minimum atomic E-state index is -4.63. The molecule has 0 spiro atoms. The third-order valence-electron chi connectivity index (χ3n) is 3.12. The second-order valence-electron chi connectivity index (χ2n) is 4.61. The minimum absolute atomic E-state index is 0.0172. The standard InChI is InChI=1S/C14H13F3N2O4/c1-23-11-3-2-8(6-9(11)14(15,16)17)18-10-7-12(21)19(4-5-20)13(10)22/h2-3,6-7,18,20H,4-5H2,1H3. The Morgan fingerprint density at radius 2 is 2.00 bits per heavy atom. The normalized spacial score (nSPS) is 15.0. The predicted octanol–water partition coefficient (Wildman–Crippen LogP) is 1.37. The number of nitrogens with zero attached hydrogens (tertiary/aromatic N) is 1. The molecule has 1 aliphatic heterocycles. The summed E-state index contributed by atoms with van der Waals surface area (Å²) in [6.07, 6.45) is -3.66. The van der Waals surface area contributed by atoms with Gasteiger partial charge >= 0.3 is 6.18 Å². The minimum Gasteiger partial charge on any atom is -0.496 e. The Morgan fingerprint density at radius 3 is 2.57 bits per heavy atom. The highest BCUT2D eigenvalue weighted by molar-refractivity contribution is 6.17. The average molecular weight is 330 g/mol. The Hall–Kier alpha value is -2.55. The van der Waals surface area contributed by atoms with Crippen LogP contribution in [-0.2, 0) is 15.8 Å². The summed E-state index contributed by atoms with van der Waals surface area (Å²) in [4.78, 5) is 24.3. The molecule has 2 N–H and O–H groups in total. The summed E-state index contributed by atoms with van der Waals surface area (Å²) in [7, 11) is 1.12. The number of carbonyl (C=O) groups is 2. The summed E-state index contributed by atoms with van der Waals surface area (Å²) in [5, 5.41) is 11.3. The molecule has 0 aromatic heterocycles. The number of nitrogens with one attached hydrogen (secondary N) is 1. The van der Waals surface area contributed by atoms with Gasteiger partial charge in [0.15, 0.2) is 0 Å². The van der Waals surface area contributed by atoms with Crippen LogP contribution in [0.1, 0.15) is 5.56 Å². The van der Waals surface area contributed by atoms with Crippen LogP contribution in [0.3, 0.4) is 0 Å². The van der Waals surface area contributed by atoms with E-state index in [4.69, 9.17) is 5.11 Å². The Kier molecular flexibility index (Phi) is 4.60. The zero-order valence-corrected chi connectivity index (χ0v) is 12.0. The van der Waals surface area contributed by atoms with Crippen LogP contribution in [0.4, 0.5) is 18.9 Å². The van der Waals surface area contributed by atoms with Crippen molar-refractivity contribution in [2.24, 2.45) is 0 Å². The molecule has 2 rings (SSSR count). The van der Waals surface area contributed by atoms with Gasteiger partial charge in [0.2, 0.25) is 0 Å². The Balaban J connectivity index is 2.26. The maximum Gasteiger partial charge on any atom is 0.420 e. The molecule has 0 fully saturated rings. The molecule has 1 aliphatic rings. The molecule has 2 amide bonds. The smallest absolute Gasteiger partial charge is 0.420 e. The number of aliphatic hydroxyl groups is 1. The number of anilines is 1. The molecular weight excluding hydrogens is 317 g/mol. The van der Waals surface area contributed by atoms with Crippen LogP contribution in [0.5, 0.6) is 5.75 Å². The van der Waals surface area contributed by atoms with Gasteiger partial charge in [-0.2, -0.15) is 13.2 Å². The van der Waals surface area contributed by atoms with Crippen molar-refractivity contribution in [2.75, 3.05) is 25.6 Å². The van der Waals surface area contributed by atoms with Gasteiger partial charge in [-0.1, -0.05) is 0 Å². The number of aliphatic hydroxyl groups excluding tert-OH is 1. The largest absolute Gasteiger partial charge is 0.496 e. The van der Waals surface area contributed by atoms with Gasteiger partial charge in [0, 0.05) is 11.8 Å². The first-order valence-electron chi connectivity index (χ1n) is 6.48. The third-order valence-corrected chi connectivity index (χ3v) is 3.12. The third kappa shape index (κ3) is 3.45. The Morgan fingerprint density at radius 1 is 1.30 bits per heavy atom. The topological polar surface area (TPSA) is 78.9 Å². The van der Waals surface area contributed by atoms with Gasteiger partial charge in [-0.25, -0.2) is 0 Å². The SMILES string of the molecule is COc1ccc(NC2=CC(=O)N(CCO)C2=O)cc1C(F)(F)F. The van der Waals surface area contributed by atoms with Gasteiger partial charge in [0.05, 0.1) is 25.8 Å². The summed E-state index contributed by atoms with van der Waals surface area (Å²) in [5.41, 5.74) is -1.19. The van der Waals surface area contributed by atoms with Crippen LogP contribution >= 0.6 is 0 Å². The van der Waals surface area contributed by atoms with Gasteiger partial charge in [-0.15, -0.1) is 0 Å². The lowest BCUT2D eigenvalue weighted by Gasteiger charge is -2.15. The van der Waals surface area contributed by atoms with E-state index in [0.717, 1.165) is 30.2 Å². The Labute approximate surface area is 129 Å². The first-order valence-corrected chi connectivity index (χ1v) is 6.48. The van der Waals surface area contributed by atoms with Crippen molar-refractivity contribution in [1.82, 2.24) is 4.90 Å². The van der Waals surface area contributed by atoms with Crippen LogP contribution in [0.2, 0.25) is 0 Å². The molecule has 0 saturated carbocycles. The number of rotatable bonds is 5. The van der Waals surface area contributed by atoms with Crippen molar-refractivity contribution >= 4 is 17.5 Å². The van der Waals surface area contributed by atoms with Crippen molar-refractivity contribution in [1.29, 1.82) is 0 Å². The number of alkyl halides is 3. The number of benzene rings is 1. The fourth-order valence-electron chi connectivity index (χ4n) is 2.07. The van der Waals surface area contributed by atoms with Crippen molar-refractivity contribution in [3.05, 3.63) is 35.5 Å². The van der Waals surface area contributed by atoms with E-state index in [9.17, 15) is 22.8 Å². The average Bonchev–Trinajstić information content (AvgIpc) is 2.74. The van der Waals surface area contributed by atoms with Crippen molar-refractivity contribution in [2.45, 2.75) is 6.18 Å². The van der Waals surface area contributed by atoms with E-state index < -0.39 is 30.2 Å². The molecule has 0 unspecified atom stereocenters. The van der Waals surface area contributed by atoms with E-state index >= 15 is 0 Å². The van der Waals surface area contributed by atoms with Crippen LogP contribution in [0, 0.1) is 0 Å². The number of hydrogen-bond donors (Lipinski definition) is 2. The Bertz CT molecular complexity index is 670. The molecule has 9 heteroatoms. The van der Waals surface area contributed by atoms with Crippen LogP contribution in [0.25, 0.3) is 0 Å². The summed E-state index contributed by atoms with van der Waals surface area (Å²) in [6, 6.07) is 3.19. The number of hydrogen-bond acceptors (Lipinski definition) is 5. The van der Waals surface area contributed by atoms with Crippen molar-refractivity contribution < 1.29 is 32.6 Å². The lowest BCUT2D eigenvalue weighted by atomic mass is 10.1.